The molecule has 2 N–H and O–H groups in total. The number of aryl methyl sites for hydroxylation is 1. The van der Waals surface area contributed by atoms with Gasteiger partial charge in [0.05, 0.1) is 7.11 Å². The van der Waals surface area contributed by atoms with E-state index < -0.39 is 5.97 Å². The van der Waals surface area contributed by atoms with Crippen LogP contribution in [0, 0.1) is 6.92 Å². The number of aromatic nitrogens is 1. The van der Waals surface area contributed by atoms with E-state index in [1.807, 2.05) is 60.0 Å². The largest absolute Gasteiger partial charge is 0.497 e. The Kier molecular flexibility index (Phi) is 6.05. The number of rotatable bonds is 8. The van der Waals surface area contributed by atoms with Gasteiger partial charge in [-0.05, 0) is 36.2 Å². The van der Waals surface area contributed by atoms with Gasteiger partial charge in [0.2, 0.25) is 0 Å². The average molecular weight is 415 g/mol. The maximum Gasteiger partial charge on any atom is 0.352 e. The summed E-state index contributed by atoms with van der Waals surface area (Å²) >= 11 is 0. The van der Waals surface area contributed by atoms with Gasteiger partial charge in [-0.1, -0.05) is 60.2 Å². The Bertz CT molecular complexity index is 1190. The van der Waals surface area contributed by atoms with Crippen LogP contribution in [0.15, 0.2) is 72.8 Å². The predicted octanol–water partition coefficient (Wildman–Crippen LogP) is 4.99. The molecule has 158 valence electrons. The molecule has 0 radical (unpaired) electrons. The van der Waals surface area contributed by atoms with Crippen molar-refractivity contribution >= 4 is 16.9 Å². The fraction of sp³-hybridized carbons (Fsp3) is 0.192. The Hall–Kier alpha value is -3.57. The summed E-state index contributed by atoms with van der Waals surface area (Å²) in [5.41, 5.74) is 5.45. The maximum atomic E-state index is 12.3. The second-order valence-corrected chi connectivity index (χ2v) is 7.67. The summed E-state index contributed by atoms with van der Waals surface area (Å²) < 4.78 is 7.11. The molecule has 31 heavy (non-hydrogen) atoms. The van der Waals surface area contributed by atoms with E-state index in [0.29, 0.717) is 25.3 Å². The molecular formula is C26H26N2O3. The molecule has 0 aliphatic rings. The number of nitrogens with one attached hydrogen (secondary N) is 1. The van der Waals surface area contributed by atoms with E-state index in [1.54, 1.807) is 7.11 Å². The first-order valence-electron chi connectivity index (χ1n) is 10.3. The smallest absolute Gasteiger partial charge is 0.352 e. The van der Waals surface area contributed by atoms with Crippen molar-refractivity contribution in [3.8, 4) is 5.75 Å². The van der Waals surface area contributed by atoms with Crippen LogP contribution < -0.4 is 10.1 Å². The highest BCUT2D eigenvalue weighted by Crippen LogP contribution is 2.28. The van der Waals surface area contributed by atoms with Crippen LogP contribution in [0.5, 0.6) is 5.75 Å². The molecular weight excluding hydrogens is 388 g/mol. The van der Waals surface area contributed by atoms with E-state index in [-0.39, 0.29) is 0 Å². The molecule has 0 saturated heterocycles. The van der Waals surface area contributed by atoms with Crippen molar-refractivity contribution in [1.29, 1.82) is 0 Å². The fourth-order valence-electron chi connectivity index (χ4n) is 3.91. The van der Waals surface area contributed by atoms with Gasteiger partial charge in [-0.3, -0.25) is 0 Å². The quantitative estimate of drug-likeness (QED) is 0.426. The number of methoxy groups -OCH3 is 1. The van der Waals surface area contributed by atoms with Crippen LogP contribution in [0.4, 0.5) is 0 Å². The lowest BCUT2D eigenvalue weighted by molar-refractivity contribution is 0.0684. The second-order valence-electron chi connectivity index (χ2n) is 7.67. The number of aromatic carboxylic acids is 1. The highest BCUT2D eigenvalue weighted by Gasteiger charge is 2.22. The fourth-order valence-corrected chi connectivity index (χ4v) is 3.91. The topological polar surface area (TPSA) is 63.5 Å². The average Bonchev–Trinajstić information content (AvgIpc) is 3.09. The molecule has 1 aromatic heterocycles. The minimum atomic E-state index is -0.912. The van der Waals surface area contributed by atoms with E-state index in [1.165, 1.54) is 5.56 Å². The Morgan fingerprint density at radius 1 is 0.935 bits per heavy atom. The molecule has 0 amide bonds. The number of hydrogen-bond donors (Lipinski definition) is 2. The molecule has 0 aliphatic heterocycles. The second kappa shape index (κ2) is 9.06. The molecule has 0 bridgehead atoms. The highest BCUT2D eigenvalue weighted by atomic mass is 16.5. The highest BCUT2D eigenvalue weighted by molar-refractivity contribution is 5.98. The monoisotopic (exact) mass is 414 g/mol. The van der Waals surface area contributed by atoms with Crippen molar-refractivity contribution in [3.63, 3.8) is 0 Å². The first-order chi connectivity index (χ1) is 15.1. The van der Waals surface area contributed by atoms with Crippen molar-refractivity contribution in [2.45, 2.75) is 26.6 Å². The van der Waals surface area contributed by atoms with Crippen molar-refractivity contribution in [3.05, 3.63) is 101 Å². The van der Waals surface area contributed by atoms with Gasteiger partial charge in [0, 0.05) is 36.1 Å². The summed E-state index contributed by atoms with van der Waals surface area (Å²) in [5.74, 6) is -0.0966. The Balaban J connectivity index is 1.64. The van der Waals surface area contributed by atoms with Crippen LogP contribution in [-0.4, -0.2) is 22.8 Å². The zero-order valence-corrected chi connectivity index (χ0v) is 17.8. The lowest BCUT2D eigenvalue weighted by Crippen LogP contribution is -2.17. The minimum absolute atomic E-state index is 0.337. The molecule has 4 aromatic rings. The molecule has 0 unspecified atom stereocenters. The zero-order valence-electron chi connectivity index (χ0n) is 17.8. The lowest BCUT2D eigenvalue weighted by atomic mass is 10.1. The van der Waals surface area contributed by atoms with E-state index in [0.717, 1.165) is 33.3 Å². The molecule has 0 aliphatic carbocycles. The normalized spacial score (nSPS) is 11.0. The molecule has 5 nitrogen and oxygen atoms in total. The third-order valence-corrected chi connectivity index (χ3v) is 5.53. The van der Waals surface area contributed by atoms with Gasteiger partial charge in [-0.25, -0.2) is 4.79 Å². The van der Waals surface area contributed by atoms with Gasteiger partial charge < -0.3 is 19.7 Å². The molecule has 3 aromatic carbocycles. The molecule has 0 spiro atoms. The first kappa shape index (κ1) is 20.7. The number of hydrogen-bond acceptors (Lipinski definition) is 3. The number of carboxylic acids is 1. The lowest BCUT2D eigenvalue weighted by Gasteiger charge is -2.10. The van der Waals surface area contributed by atoms with Crippen LogP contribution >= 0.6 is 0 Å². The van der Waals surface area contributed by atoms with Crippen LogP contribution in [0.1, 0.15) is 32.7 Å². The molecule has 4 rings (SSSR count). The zero-order chi connectivity index (χ0) is 21.8. The standard InChI is InChI=1S/C26H26N2O3/c1-18-7-9-20(10-8-18)17-28-24-6-4-3-5-22(24)23(25(28)26(29)30)16-27-15-19-11-13-21(31-2)14-12-19/h3-14,27H,15-17H2,1-2H3,(H,29,30). The number of benzene rings is 3. The van der Waals surface area contributed by atoms with Gasteiger partial charge in [-0.15, -0.1) is 0 Å². The van der Waals surface area contributed by atoms with Crippen molar-refractivity contribution in [1.82, 2.24) is 9.88 Å². The predicted molar refractivity (Wildman–Crippen MR) is 123 cm³/mol. The number of nitrogens with zero attached hydrogens (tertiary/aromatic N) is 1. The minimum Gasteiger partial charge on any atom is -0.497 e. The number of carboxylic acid groups (broad SMARTS) is 1. The van der Waals surface area contributed by atoms with Gasteiger partial charge in [0.1, 0.15) is 11.4 Å². The van der Waals surface area contributed by atoms with Gasteiger partial charge >= 0.3 is 5.97 Å². The van der Waals surface area contributed by atoms with Gasteiger partial charge in [0.15, 0.2) is 0 Å². The summed E-state index contributed by atoms with van der Waals surface area (Å²) in [6.45, 7) is 3.67. The SMILES string of the molecule is COc1ccc(CNCc2c(C(=O)O)n(Cc3ccc(C)cc3)c3ccccc23)cc1. The Morgan fingerprint density at radius 2 is 1.61 bits per heavy atom. The summed E-state index contributed by atoms with van der Waals surface area (Å²) in [6, 6.07) is 24.0. The molecule has 0 fully saturated rings. The molecule has 0 saturated carbocycles. The van der Waals surface area contributed by atoms with Crippen molar-refractivity contribution in [2.24, 2.45) is 0 Å². The van der Waals surface area contributed by atoms with Crippen molar-refractivity contribution in [2.75, 3.05) is 7.11 Å². The van der Waals surface area contributed by atoms with Crippen LogP contribution in [0.2, 0.25) is 0 Å². The number of ether oxygens (including phenoxy) is 1. The van der Waals surface area contributed by atoms with E-state index >= 15 is 0 Å². The summed E-state index contributed by atoms with van der Waals surface area (Å²) in [5, 5.41) is 14.5. The van der Waals surface area contributed by atoms with Crippen LogP contribution in [0.3, 0.4) is 0 Å². The molecule has 1 heterocycles. The third-order valence-electron chi connectivity index (χ3n) is 5.53. The van der Waals surface area contributed by atoms with E-state index in [2.05, 4.69) is 29.6 Å². The molecule has 5 heteroatoms. The van der Waals surface area contributed by atoms with Crippen molar-refractivity contribution < 1.29 is 14.6 Å². The number of fused-ring (bicyclic) bond motifs is 1. The summed E-state index contributed by atoms with van der Waals surface area (Å²) in [4.78, 5) is 12.3. The Morgan fingerprint density at radius 3 is 2.29 bits per heavy atom. The van der Waals surface area contributed by atoms with Gasteiger partial charge in [-0.2, -0.15) is 0 Å². The van der Waals surface area contributed by atoms with Crippen LogP contribution in [-0.2, 0) is 19.6 Å². The molecule has 0 atom stereocenters. The van der Waals surface area contributed by atoms with E-state index in [9.17, 15) is 9.90 Å². The maximum absolute atomic E-state index is 12.3. The number of carbonyl (C=O) groups is 1. The summed E-state index contributed by atoms with van der Waals surface area (Å²) in [7, 11) is 1.65. The van der Waals surface area contributed by atoms with E-state index in [4.69, 9.17) is 4.74 Å². The number of para-hydroxylation sites is 1. The Labute approximate surface area is 181 Å². The van der Waals surface area contributed by atoms with Gasteiger partial charge in [0.25, 0.3) is 0 Å². The first-order valence-corrected chi connectivity index (χ1v) is 10.3. The third kappa shape index (κ3) is 4.47. The van der Waals surface area contributed by atoms with Crippen LogP contribution in [0.25, 0.3) is 10.9 Å². The summed E-state index contributed by atoms with van der Waals surface area (Å²) in [6.07, 6.45) is 0.